The molecule has 0 radical (unpaired) electrons. The van der Waals surface area contributed by atoms with Gasteiger partial charge in [0, 0.05) is 6.54 Å². The van der Waals surface area contributed by atoms with E-state index in [9.17, 15) is 14.4 Å². The van der Waals surface area contributed by atoms with Crippen molar-refractivity contribution in [2.45, 2.75) is 44.9 Å². The Balaban J connectivity index is 1.54. The molecule has 4 amide bonds. The second kappa shape index (κ2) is 4.06. The van der Waals surface area contributed by atoms with Gasteiger partial charge in [-0.15, -0.1) is 0 Å². The fourth-order valence-corrected chi connectivity index (χ4v) is 3.81. The average molecular weight is 276 g/mol. The summed E-state index contributed by atoms with van der Waals surface area (Å²) >= 11 is 0. The quantitative estimate of drug-likeness (QED) is 0.794. The van der Waals surface area contributed by atoms with E-state index in [1.807, 2.05) is 0 Å². The number of hydrogen-bond acceptors (Lipinski definition) is 3. The van der Waals surface area contributed by atoms with Gasteiger partial charge in [-0.05, 0) is 56.3 Å². The average Bonchev–Trinajstić information content (AvgIpc) is 3.21. The number of nitrogens with zero attached hydrogens (tertiary/aromatic N) is 1. The van der Waals surface area contributed by atoms with Crippen molar-refractivity contribution in [3.05, 3.63) is 0 Å². The van der Waals surface area contributed by atoms with Crippen molar-refractivity contribution in [3.63, 3.8) is 0 Å². The Kier molecular flexibility index (Phi) is 2.51. The second-order valence-electron chi connectivity index (χ2n) is 6.95. The lowest BCUT2D eigenvalue weighted by Gasteiger charge is -2.45. The highest BCUT2D eigenvalue weighted by Crippen LogP contribution is 2.50. The van der Waals surface area contributed by atoms with Crippen LogP contribution in [0, 0.1) is 23.2 Å². The predicted octanol–water partition coefficient (Wildman–Crippen LogP) is 1.67. The van der Waals surface area contributed by atoms with Crippen LogP contribution < -0.4 is 5.32 Å². The number of carbonyl (C=O) groups is 3. The maximum absolute atomic E-state index is 12.6. The third kappa shape index (κ3) is 1.71. The Morgan fingerprint density at radius 2 is 1.70 bits per heavy atom. The van der Waals surface area contributed by atoms with E-state index in [0.717, 1.165) is 6.42 Å². The van der Waals surface area contributed by atoms with E-state index in [4.69, 9.17) is 0 Å². The van der Waals surface area contributed by atoms with Crippen molar-refractivity contribution in [2.24, 2.45) is 23.2 Å². The van der Waals surface area contributed by atoms with Crippen molar-refractivity contribution in [1.82, 2.24) is 10.2 Å². The number of amides is 4. The van der Waals surface area contributed by atoms with Crippen LogP contribution in [0.1, 0.15) is 44.9 Å². The predicted molar refractivity (Wildman–Crippen MR) is 70.5 cm³/mol. The van der Waals surface area contributed by atoms with Gasteiger partial charge in [-0.25, -0.2) is 4.79 Å². The van der Waals surface area contributed by atoms with Crippen molar-refractivity contribution in [2.75, 3.05) is 6.54 Å². The fraction of sp³-hybridized carbons (Fsp3) is 0.800. The molecule has 5 heteroatoms. The Morgan fingerprint density at radius 3 is 2.15 bits per heavy atom. The number of imide groups is 2. The lowest BCUT2D eigenvalue weighted by atomic mass is 9.66. The van der Waals surface area contributed by atoms with Gasteiger partial charge in [-0.1, -0.05) is 6.42 Å². The van der Waals surface area contributed by atoms with Crippen LogP contribution in [0.3, 0.4) is 0 Å². The molecule has 1 heterocycles. The van der Waals surface area contributed by atoms with Gasteiger partial charge in [0.2, 0.25) is 11.8 Å². The molecule has 3 aliphatic carbocycles. The number of nitrogens with one attached hydrogen (secondary N) is 1. The van der Waals surface area contributed by atoms with Gasteiger partial charge in [-0.2, -0.15) is 0 Å². The maximum atomic E-state index is 12.6. The Bertz CT molecular complexity index is 477. The Morgan fingerprint density at radius 1 is 1.10 bits per heavy atom. The van der Waals surface area contributed by atoms with Crippen LogP contribution in [0.2, 0.25) is 0 Å². The first-order valence-corrected chi connectivity index (χ1v) is 7.79. The summed E-state index contributed by atoms with van der Waals surface area (Å²) in [6, 6.07) is -0.496. The molecule has 0 atom stereocenters. The van der Waals surface area contributed by atoms with Crippen LogP contribution in [-0.2, 0) is 9.59 Å². The molecule has 1 saturated heterocycles. The number of hydrogen-bond donors (Lipinski definition) is 1. The number of urea groups is 1. The van der Waals surface area contributed by atoms with E-state index < -0.39 is 11.4 Å². The van der Waals surface area contributed by atoms with Crippen molar-refractivity contribution >= 4 is 17.8 Å². The summed E-state index contributed by atoms with van der Waals surface area (Å²) in [5.41, 5.74) is -0.911. The van der Waals surface area contributed by atoms with Crippen LogP contribution >= 0.6 is 0 Å². The molecule has 1 spiro atoms. The molecule has 0 bridgehead atoms. The van der Waals surface area contributed by atoms with Crippen molar-refractivity contribution in [3.8, 4) is 0 Å². The first-order chi connectivity index (χ1) is 9.62. The smallest absolute Gasteiger partial charge is 0.277 e. The molecular weight excluding hydrogens is 256 g/mol. The minimum atomic E-state index is -0.911. The molecule has 3 saturated carbocycles. The summed E-state index contributed by atoms with van der Waals surface area (Å²) in [6.45, 7) is 0.523. The van der Waals surface area contributed by atoms with E-state index in [1.165, 1.54) is 30.6 Å². The van der Waals surface area contributed by atoms with Crippen molar-refractivity contribution in [1.29, 1.82) is 0 Å². The van der Waals surface area contributed by atoms with E-state index in [0.29, 0.717) is 37.1 Å². The van der Waals surface area contributed by atoms with Crippen molar-refractivity contribution < 1.29 is 14.4 Å². The molecule has 4 fully saturated rings. The standard InChI is InChI=1S/C15H20N2O3/c18-12-15(6-1-7-15)13(19)17(14(20)16-12)8-11(9-2-3-9)10-4-5-10/h9-11H,1-8H2,(H,16,18,20). The molecule has 1 N–H and O–H groups in total. The van der Waals surface area contributed by atoms with Gasteiger partial charge in [-0.3, -0.25) is 19.8 Å². The van der Waals surface area contributed by atoms with E-state index in [1.54, 1.807) is 0 Å². The molecule has 5 nitrogen and oxygen atoms in total. The molecule has 4 aliphatic rings. The molecule has 0 aromatic heterocycles. The zero-order valence-corrected chi connectivity index (χ0v) is 11.6. The van der Waals surface area contributed by atoms with Gasteiger partial charge < -0.3 is 0 Å². The minimum absolute atomic E-state index is 0.233. The molecule has 4 rings (SSSR count). The zero-order chi connectivity index (χ0) is 13.9. The summed E-state index contributed by atoms with van der Waals surface area (Å²) < 4.78 is 0. The largest absolute Gasteiger partial charge is 0.330 e. The van der Waals surface area contributed by atoms with Crippen LogP contribution in [0.25, 0.3) is 0 Å². The zero-order valence-electron chi connectivity index (χ0n) is 11.6. The van der Waals surface area contributed by atoms with Gasteiger partial charge in [0.1, 0.15) is 5.41 Å². The van der Waals surface area contributed by atoms with Crippen LogP contribution in [0.15, 0.2) is 0 Å². The topological polar surface area (TPSA) is 66.5 Å². The highest BCUT2D eigenvalue weighted by atomic mass is 16.2. The summed E-state index contributed by atoms with van der Waals surface area (Å²) in [7, 11) is 0. The van der Waals surface area contributed by atoms with Gasteiger partial charge in [0.05, 0.1) is 0 Å². The third-order valence-corrected chi connectivity index (χ3v) is 5.61. The van der Waals surface area contributed by atoms with E-state index in [-0.39, 0.29) is 11.8 Å². The summed E-state index contributed by atoms with van der Waals surface area (Å²) in [4.78, 5) is 38.0. The van der Waals surface area contributed by atoms with Gasteiger partial charge in [0.25, 0.3) is 0 Å². The van der Waals surface area contributed by atoms with Crippen LogP contribution in [-0.4, -0.2) is 29.3 Å². The number of carbonyl (C=O) groups excluding carboxylic acids is 3. The minimum Gasteiger partial charge on any atom is -0.277 e. The summed E-state index contributed by atoms with van der Waals surface area (Å²) in [5.74, 6) is 1.25. The lowest BCUT2D eigenvalue weighted by molar-refractivity contribution is -0.158. The van der Waals surface area contributed by atoms with Gasteiger partial charge in [0.15, 0.2) is 0 Å². The Hall–Kier alpha value is -1.39. The summed E-state index contributed by atoms with van der Waals surface area (Å²) in [6.07, 6.45) is 7.02. The normalized spacial score (nSPS) is 28.9. The monoisotopic (exact) mass is 276 g/mol. The van der Waals surface area contributed by atoms with E-state index >= 15 is 0 Å². The molecule has 20 heavy (non-hydrogen) atoms. The van der Waals surface area contributed by atoms with E-state index in [2.05, 4.69) is 5.32 Å². The molecule has 1 aliphatic heterocycles. The molecule has 0 aromatic carbocycles. The molecular formula is C15H20N2O3. The highest BCUT2D eigenvalue weighted by molar-refractivity contribution is 6.19. The lowest BCUT2D eigenvalue weighted by Crippen LogP contribution is -2.66. The molecule has 0 unspecified atom stereocenters. The first kappa shape index (κ1) is 12.4. The molecule has 0 aromatic rings. The third-order valence-electron chi connectivity index (χ3n) is 5.61. The second-order valence-corrected chi connectivity index (χ2v) is 6.95. The Labute approximate surface area is 118 Å². The van der Waals surface area contributed by atoms with Gasteiger partial charge >= 0.3 is 6.03 Å². The molecule has 108 valence electrons. The first-order valence-electron chi connectivity index (χ1n) is 7.79. The SMILES string of the molecule is O=C1NC(=O)C2(CCC2)C(=O)N1CC(C1CC1)C1CC1. The highest BCUT2D eigenvalue weighted by Gasteiger charge is 2.58. The number of barbiturate groups is 1. The summed E-state index contributed by atoms with van der Waals surface area (Å²) in [5, 5.41) is 2.40. The maximum Gasteiger partial charge on any atom is 0.330 e. The number of rotatable bonds is 4. The van der Waals surface area contributed by atoms with Crippen LogP contribution in [0.4, 0.5) is 4.79 Å². The van der Waals surface area contributed by atoms with Crippen LogP contribution in [0.5, 0.6) is 0 Å². The fourth-order valence-electron chi connectivity index (χ4n) is 3.81.